The molecule has 0 radical (unpaired) electrons. The molecular weight excluding hydrogens is 180 g/mol. The van der Waals surface area contributed by atoms with Gasteiger partial charge in [-0.25, -0.2) is 0 Å². The van der Waals surface area contributed by atoms with Crippen LogP contribution in [0.2, 0.25) is 0 Å². The minimum absolute atomic E-state index is 0.148. The fraction of sp³-hybridized carbons (Fsp3) is 0.636. The molecule has 2 atom stereocenters. The number of carbonyl (C=O) groups is 2. The topological polar surface area (TPSA) is 43.4 Å². The summed E-state index contributed by atoms with van der Waals surface area (Å²) in [6.45, 7) is 3.91. The molecule has 0 aromatic rings. The standard InChI is InChI=1S/C11H16O3/c1-7-4-8(2)9(10(12)5-7)6-11(13)14-3/h4,8-9H,5-6H2,1-3H3. The quantitative estimate of drug-likeness (QED) is 0.499. The molecular formula is C11H16O3. The average molecular weight is 196 g/mol. The summed E-state index contributed by atoms with van der Waals surface area (Å²) in [7, 11) is 1.35. The Bertz CT molecular complexity index is 278. The molecule has 2 unspecified atom stereocenters. The minimum atomic E-state index is -0.303. The lowest BCUT2D eigenvalue weighted by Crippen LogP contribution is -2.27. The molecule has 1 aliphatic rings. The van der Waals surface area contributed by atoms with Crippen LogP contribution >= 0.6 is 0 Å². The number of esters is 1. The van der Waals surface area contributed by atoms with Crippen molar-refractivity contribution in [1.82, 2.24) is 0 Å². The molecule has 0 saturated carbocycles. The maximum Gasteiger partial charge on any atom is 0.306 e. The number of ether oxygens (including phenoxy) is 1. The summed E-state index contributed by atoms with van der Waals surface area (Å²) in [6.07, 6.45) is 2.75. The number of hydrogen-bond donors (Lipinski definition) is 0. The Morgan fingerprint density at radius 1 is 1.64 bits per heavy atom. The Morgan fingerprint density at radius 2 is 2.29 bits per heavy atom. The predicted molar refractivity (Wildman–Crippen MR) is 52.7 cm³/mol. The Hall–Kier alpha value is -1.12. The summed E-state index contributed by atoms with van der Waals surface area (Å²) in [4.78, 5) is 22.7. The van der Waals surface area contributed by atoms with Gasteiger partial charge in [-0.15, -0.1) is 0 Å². The van der Waals surface area contributed by atoms with E-state index < -0.39 is 0 Å². The van der Waals surface area contributed by atoms with Gasteiger partial charge in [-0.3, -0.25) is 9.59 Å². The van der Waals surface area contributed by atoms with Crippen LogP contribution in [0.5, 0.6) is 0 Å². The molecule has 0 amide bonds. The lowest BCUT2D eigenvalue weighted by molar-refractivity contribution is -0.144. The molecule has 0 heterocycles. The zero-order chi connectivity index (χ0) is 10.7. The monoisotopic (exact) mass is 196 g/mol. The Labute approximate surface area is 84.1 Å². The van der Waals surface area contributed by atoms with Crippen LogP contribution in [0.25, 0.3) is 0 Å². The second-order valence-corrected chi connectivity index (χ2v) is 3.90. The van der Waals surface area contributed by atoms with E-state index >= 15 is 0 Å². The van der Waals surface area contributed by atoms with Crippen molar-refractivity contribution in [1.29, 1.82) is 0 Å². The van der Waals surface area contributed by atoms with Gasteiger partial charge < -0.3 is 4.74 Å². The van der Waals surface area contributed by atoms with Crippen LogP contribution in [0.1, 0.15) is 26.7 Å². The number of allylic oxidation sites excluding steroid dienone is 2. The first-order chi connectivity index (χ1) is 6.54. The summed E-state index contributed by atoms with van der Waals surface area (Å²) in [6, 6.07) is 0. The molecule has 3 nitrogen and oxygen atoms in total. The van der Waals surface area contributed by atoms with E-state index in [0.29, 0.717) is 6.42 Å². The van der Waals surface area contributed by atoms with Gasteiger partial charge in [0, 0.05) is 12.3 Å². The molecule has 0 saturated heterocycles. The highest BCUT2D eigenvalue weighted by atomic mass is 16.5. The van der Waals surface area contributed by atoms with E-state index in [0.717, 1.165) is 5.57 Å². The van der Waals surface area contributed by atoms with Gasteiger partial charge in [-0.05, 0) is 12.8 Å². The maximum atomic E-state index is 11.6. The van der Waals surface area contributed by atoms with E-state index in [9.17, 15) is 9.59 Å². The van der Waals surface area contributed by atoms with Crippen LogP contribution in [0, 0.1) is 11.8 Å². The number of rotatable bonds is 2. The zero-order valence-electron chi connectivity index (χ0n) is 8.87. The summed E-state index contributed by atoms with van der Waals surface area (Å²) in [5, 5.41) is 0. The van der Waals surface area contributed by atoms with Crippen molar-refractivity contribution in [3.8, 4) is 0 Å². The SMILES string of the molecule is COC(=O)CC1C(=O)CC(C)=CC1C. The third-order valence-electron chi connectivity index (χ3n) is 2.66. The number of methoxy groups -OCH3 is 1. The summed E-state index contributed by atoms with van der Waals surface area (Å²) in [5.41, 5.74) is 1.10. The Morgan fingerprint density at radius 3 is 2.79 bits per heavy atom. The molecule has 0 aromatic carbocycles. The number of carbonyl (C=O) groups excluding carboxylic acids is 2. The van der Waals surface area contributed by atoms with E-state index in [1.165, 1.54) is 7.11 Å². The molecule has 0 aromatic heterocycles. The molecule has 0 spiro atoms. The van der Waals surface area contributed by atoms with Crippen LogP contribution in [0.4, 0.5) is 0 Å². The maximum absolute atomic E-state index is 11.6. The van der Waals surface area contributed by atoms with Crippen molar-refractivity contribution < 1.29 is 14.3 Å². The van der Waals surface area contributed by atoms with Gasteiger partial charge in [0.1, 0.15) is 5.78 Å². The molecule has 78 valence electrons. The van der Waals surface area contributed by atoms with E-state index in [-0.39, 0.29) is 30.0 Å². The summed E-state index contributed by atoms with van der Waals surface area (Å²) in [5.74, 6) is -0.187. The summed E-state index contributed by atoms with van der Waals surface area (Å²) >= 11 is 0. The largest absolute Gasteiger partial charge is 0.469 e. The van der Waals surface area contributed by atoms with E-state index in [2.05, 4.69) is 10.8 Å². The molecule has 0 aliphatic heterocycles. The fourth-order valence-corrected chi connectivity index (χ4v) is 1.89. The van der Waals surface area contributed by atoms with Gasteiger partial charge >= 0.3 is 5.97 Å². The normalized spacial score (nSPS) is 27.1. The molecule has 3 heteroatoms. The highest BCUT2D eigenvalue weighted by molar-refractivity contribution is 5.88. The smallest absolute Gasteiger partial charge is 0.306 e. The highest BCUT2D eigenvalue weighted by Gasteiger charge is 2.29. The first kappa shape index (κ1) is 11.0. The predicted octanol–water partition coefficient (Wildman–Crippen LogP) is 1.72. The number of hydrogen-bond acceptors (Lipinski definition) is 3. The molecule has 0 fully saturated rings. The van der Waals surface area contributed by atoms with Gasteiger partial charge in [0.25, 0.3) is 0 Å². The van der Waals surface area contributed by atoms with E-state index in [1.54, 1.807) is 0 Å². The van der Waals surface area contributed by atoms with Crippen LogP contribution in [0.15, 0.2) is 11.6 Å². The fourth-order valence-electron chi connectivity index (χ4n) is 1.89. The number of Topliss-reactive ketones (excluding diaryl/α,β-unsaturated/α-hetero) is 1. The molecule has 14 heavy (non-hydrogen) atoms. The van der Waals surface area contributed by atoms with Gasteiger partial charge in [-0.2, -0.15) is 0 Å². The molecule has 1 rings (SSSR count). The van der Waals surface area contributed by atoms with Crippen molar-refractivity contribution in [3.63, 3.8) is 0 Å². The third kappa shape index (κ3) is 2.44. The highest BCUT2D eigenvalue weighted by Crippen LogP contribution is 2.28. The van der Waals surface area contributed by atoms with Crippen LogP contribution in [-0.2, 0) is 14.3 Å². The van der Waals surface area contributed by atoms with Crippen LogP contribution < -0.4 is 0 Å². The molecule has 0 N–H and O–H groups in total. The summed E-state index contributed by atoms with van der Waals surface area (Å²) < 4.78 is 4.56. The molecule has 1 aliphatic carbocycles. The van der Waals surface area contributed by atoms with Crippen LogP contribution in [-0.4, -0.2) is 18.9 Å². The van der Waals surface area contributed by atoms with Crippen molar-refractivity contribution >= 4 is 11.8 Å². The Kier molecular flexibility index (Phi) is 3.44. The van der Waals surface area contributed by atoms with Gasteiger partial charge in [0.05, 0.1) is 13.5 Å². The second kappa shape index (κ2) is 4.40. The molecule has 0 bridgehead atoms. The van der Waals surface area contributed by atoms with E-state index in [4.69, 9.17) is 0 Å². The lowest BCUT2D eigenvalue weighted by Gasteiger charge is -2.24. The van der Waals surface area contributed by atoms with Gasteiger partial charge in [-0.1, -0.05) is 18.6 Å². The third-order valence-corrected chi connectivity index (χ3v) is 2.66. The second-order valence-electron chi connectivity index (χ2n) is 3.90. The zero-order valence-corrected chi connectivity index (χ0v) is 8.87. The minimum Gasteiger partial charge on any atom is -0.469 e. The van der Waals surface area contributed by atoms with Crippen molar-refractivity contribution in [2.45, 2.75) is 26.7 Å². The lowest BCUT2D eigenvalue weighted by atomic mass is 9.79. The van der Waals surface area contributed by atoms with Gasteiger partial charge in [0.15, 0.2) is 0 Å². The average Bonchev–Trinajstić information content (AvgIpc) is 2.10. The van der Waals surface area contributed by atoms with Crippen molar-refractivity contribution in [3.05, 3.63) is 11.6 Å². The van der Waals surface area contributed by atoms with Crippen LogP contribution in [0.3, 0.4) is 0 Å². The Balaban J connectivity index is 2.69. The first-order valence-electron chi connectivity index (χ1n) is 4.81. The first-order valence-corrected chi connectivity index (χ1v) is 4.81. The van der Waals surface area contributed by atoms with Crippen molar-refractivity contribution in [2.24, 2.45) is 11.8 Å². The van der Waals surface area contributed by atoms with Gasteiger partial charge in [0.2, 0.25) is 0 Å². The van der Waals surface area contributed by atoms with E-state index in [1.807, 2.05) is 13.8 Å². The van der Waals surface area contributed by atoms with Crippen molar-refractivity contribution in [2.75, 3.05) is 7.11 Å². The number of ketones is 1.